The third kappa shape index (κ3) is 3.22. The highest BCUT2D eigenvalue weighted by atomic mass is 19.1. The maximum absolute atomic E-state index is 14.0. The van der Waals surface area contributed by atoms with Gasteiger partial charge in [-0.3, -0.25) is 0 Å². The lowest BCUT2D eigenvalue weighted by Gasteiger charge is -2.20. The molecule has 3 aromatic rings. The van der Waals surface area contributed by atoms with Crippen molar-refractivity contribution in [2.75, 3.05) is 30.4 Å². The van der Waals surface area contributed by atoms with Crippen LogP contribution in [0.2, 0.25) is 0 Å². The molecule has 1 fully saturated rings. The predicted molar refractivity (Wildman–Crippen MR) is 96.6 cm³/mol. The summed E-state index contributed by atoms with van der Waals surface area (Å²) in [5, 5.41) is 3.89. The fraction of sp³-hybridized carbons (Fsp3) is 0.263. The third-order valence-electron chi connectivity index (χ3n) is 4.69. The monoisotopic (exact) mass is 374 g/mol. The van der Waals surface area contributed by atoms with Crippen molar-refractivity contribution in [3.05, 3.63) is 54.1 Å². The smallest absolute Gasteiger partial charge is 0.167 e. The van der Waals surface area contributed by atoms with Crippen LogP contribution in [0.15, 0.2) is 36.7 Å². The lowest BCUT2D eigenvalue weighted by Crippen LogP contribution is -2.27. The molecule has 4 rings (SSSR count). The summed E-state index contributed by atoms with van der Waals surface area (Å²) < 4.78 is 46.9. The van der Waals surface area contributed by atoms with Crippen molar-refractivity contribution in [3.63, 3.8) is 0 Å². The van der Waals surface area contributed by atoms with Crippen molar-refractivity contribution in [1.82, 2.24) is 9.97 Å². The maximum atomic E-state index is 14.0. The van der Waals surface area contributed by atoms with Crippen LogP contribution in [0.3, 0.4) is 0 Å². The van der Waals surface area contributed by atoms with E-state index in [1.165, 1.54) is 43.8 Å². The van der Waals surface area contributed by atoms with Gasteiger partial charge in [0, 0.05) is 30.6 Å². The van der Waals surface area contributed by atoms with E-state index in [0.29, 0.717) is 36.2 Å². The average Bonchev–Trinajstić information content (AvgIpc) is 3.09. The predicted octanol–water partition coefficient (Wildman–Crippen LogP) is 3.75. The highest BCUT2D eigenvalue weighted by molar-refractivity contribution is 5.90. The van der Waals surface area contributed by atoms with Crippen LogP contribution < -0.4 is 15.0 Å². The molecule has 8 heteroatoms. The molecule has 0 aliphatic carbocycles. The molecule has 5 nitrogen and oxygen atoms in total. The molecule has 2 heterocycles. The highest BCUT2D eigenvalue weighted by Crippen LogP contribution is 2.30. The topological polar surface area (TPSA) is 50.3 Å². The Balaban J connectivity index is 1.59. The zero-order chi connectivity index (χ0) is 19.0. The van der Waals surface area contributed by atoms with Gasteiger partial charge in [0.15, 0.2) is 11.6 Å². The molecular formula is C19H17F3N4O. The Morgan fingerprint density at radius 2 is 1.89 bits per heavy atom. The summed E-state index contributed by atoms with van der Waals surface area (Å²) in [5.41, 5.74) is 0.430. The van der Waals surface area contributed by atoms with Gasteiger partial charge in [0.2, 0.25) is 0 Å². The number of hydrogen-bond acceptors (Lipinski definition) is 5. The Hall–Kier alpha value is -3.03. The Kier molecular flexibility index (Phi) is 4.47. The molecule has 1 saturated heterocycles. The second kappa shape index (κ2) is 6.94. The van der Waals surface area contributed by atoms with E-state index in [0.717, 1.165) is 0 Å². The van der Waals surface area contributed by atoms with E-state index in [4.69, 9.17) is 4.74 Å². The van der Waals surface area contributed by atoms with Gasteiger partial charge in [-0.05, 0) is 24.6 Å². The SMILES string of the molecule is COc1cc2c(NC3CCN(c4c(F)cccc4F)C3)ncnc2cc1F. The van der Waals surface area contributed by atoms with Crippen molar-refractivity contribution >= 4 is 22.4 Å². The van der Waals surface area contributed by atoms with Gasteiger partial charge in [0.1, 0.15) is 29.5 Å². The quantitative estimate of drug-likeness (QED) is 0.754. The number of ether oxygens (including phenoxy) is 1. The first-order valence-corrected chi connectivity index (χ1v) is 8.50. The molecule has 2 aromatic carbocycles. The van der Waals surface area contributed by atoms with Gasteiger partial charge in [-0.1, -0.05) is 6.07 Å². The number of nitrogens with zero attached hydrogens (tertiary/aromatic N) is 3. The fourth-order valence-electron chi connectivity index (χ4n) is 3.39. The molecule has 1 atom stereocenters. The van der Waals surface area contributed by atoms with E-state index in [1.807, 2.05) is 0 Å². The van der Waals surface area contributed by atoms with E-state index < -0.39 is 17.5 Å². The van der Waals surface area contributed by atoms with Gasteiger partial charge in [-0.15, -0.1) is 0 Å². The molecule has 1 aliphatic heterocycles. The first-order valence-electron chi connectivity index (χ1n) is 8.50. The van der Waals surface area contributed by atoms with Crippen LogP contribution in [0.4, 0.5) is 24.7 Å². The van der Waals surface area contributed by atoms with Crippen LogP contribution in [0.1, 0.15) is 6.42 Å². The zero-order valence-corrected chi connectivity index (χ0v) is 14.5. The Labute approximate surface area is 153 Å². The molecule has 1 N–H and O–H groups in total. The molecule has 1 aromatic heterocycles. The molecule has 1 aliphatic rings. The van der Waals surface area contributed by atoms with Crippen molar-refractivity contribution in [3.8, 4) is 5.75 Å². The van der Waals surface area contributed by atoms with Crippen molar-refractivity contribution < 1.29 is 17.9 Å². The van der Waals surface area contributed by atoms with E-state index in [9.17, 15) is 13.2 Å². The van der Waals surface area contributed by atoms with Crippen LogP contribution in [0, 0.1) is 17.5 Å². The number of methoxy groups -OCH3 is 1. The van der Waals surface area contributed by atoms with Crippen LogP contribution >= 0.6 is 0 Å². The Bertz CT molecular complexity index is 978. The van der Waals surface area contributed by atoms with Crippen LogP contribution in [-0.4, -0.2) is 36.2 Å². The number of benzene rings is 2. The normalized spacial score (nSPS) is 16.7. The minimum atomic E-state index is -0.580. The summed E-state index contributed by atoms with van der Waals surface area (Å²) in [6.07, 6.45) is 2.03. The van der Waals surface area contributed by atoms with Gasteiger partial charge in [-0.25, -0.2) is 23.1 Å². The number of aromatic nitrogens is 2. The van der Waals surface area contributed by atoms with Gasteiger partial charge < -0.3 is 15.0 Å². The molecule has 0 radical (unpaired) electrons. The first kappa shape index (κ1) is 17.4. The summed E-state index contributed by atoms with van der Waals surface area (Å²) >= 11 is 0. The van der Waals surface area contributed by atoms with Crippen molar-refractivity contribution in [1.29, 1.82) is 0 Å². The lowest BCUT2D eigenvalue weighted by atomic mass is 10.2. The number of hydrogen-bond donors (Lipinski definition) is 1. The number of halogens is 3. The van der Waals surface area contributed by atoms with Crippen LogP contribution in [-0.2, 0) is 0 Å². The minimum Gasteiger partial charge on any atom is -0.494 e. The molecule has 1 unspecified atom stereocenters. The van der Waals surface area contributed by atoms with Crippen molar-refractivity contribution in [2.45, 2.75) is 12.5 Å². The zero-order valence-electron chi connectivity index (χ0n) is 14.5. The van der Waals surface area contributed by atoms with E-state index in [-0.39, 0.29) is 17.5 Å². The lowest BCUT2D eigenvalue weighted by molar-refractivity contribution is 0.387. The van der Waals surface area contributed by atoms with E-state index in [1.54, 1.807) is 4.90 Å². The summed E-state index contributed by atoms with van der Waals surface area (Å²) in [5.74, 6) is -1.04. The Morgan fingerprint density at radius 3 is 2.63 bits per heavy atom. The second-order valence-corrected chi connectivity index (χ2v) is 6.37. The number of para-hydroxylation sites is 1. The van der Waals surface area contributed by atoms with Gasteiger partial charge >= 0.3 is 0 Å². The summed E-state index contributed by atoms with van der Waals surface area (Å²) in [4.78, 5) is 10.00. The second-order valence-electron chi connectivity index (χ2n) is 6.37. The number of nitrogens with one attached hydrogen (secondary N) is 1. The molecule has 0 bridgehead atoms. The van der Waals surface area contributed by atoms with Gasteiger partial charge in [0.05, 0.1) is 12.6 Å². The molecule has 0 saturated carbocycles. The third-order valence-corrected chi connectivity index (χ3v) is 4.69. The highest BCUT2D eigenvalue weighted by Gasteiger charge is 2.27. The van der Waals surface area contributed by atoms with E-state index in [2.05, 4.69) is 15.3 Å². The minimum absolute atomic E-state index is 0.0157. The molecule has 0 spiro atoms. The molecule has 0 amide bonds. The number of fused-ring (bicyclic) bond motifs is 1. The maximum Gasteiger partial charge on any atom is 0.167 e. The average molecular weight is 374 g/mol. The summed E-state index contributed by atoms with van der Waals surface area (Å²) in [7, 11) is 1.39. The Morgan fingerprint density at radius 1 is 1.11 bits per heavy atom. The standard InChI is InChI=1S/C19H17F3N4O/c1-27-17-7-12-16(8-15(17)22)23-10-24-19(12)25-11-5-6-26(9-11)18-13(20)3-2-4-14(18)21/h2-4,7-8,10-11H,5-6,9H2,1H3,(H,23,24,25). The summed E-state index contributed by atoms with van der Waals surface area (Å²) in [6, 6.07) is 6.60. The summed E-state index contributed by atoms with van der Waals surface area (Å²) in [6.45, 7) is 0.929. The van der Waals surface area contributed by atoms with Crippen molar-refractivity contribution in [2.24, 2.45) is 0 Å². The van der Waals surface area contributed by atoms with Crippen LogP contribution in [0.25, 0.3) is 10.9 Å². The van der Waals surface area contributed by atoms with E-state index >= 15 is 0 Å². The van der Waals surface area contributed by atoms with Crippen LogP contribution in [0.5, 0.6) is 5.75 Å². The fourth-order valence-corrected chi connectivity index (χ4v) is 3.39. The number of anilines is 2. The van der Waals surface area contributed by atoms with Gasteiger partial charge in [0.25, 0.3) is 0 Å². The first-order chi connectivity index (χ1) is 13.1. The molecule has 140 valence electrons. The largest absolute Gasteiger partial charge is 0.494 e. The van der Waals surface area contributed by atoms with Gasteiger partial charge in [-0.2, -0.15) is 0 Å². The number of rotatable bonds is 4. The molecule has 27 heavy (non-hydrogen) atoms. The molecular weight excluding hydrogens is 357 g/mol.